The maximum atomic E-state index is 12.2. The maximum Gasteiger partial charge on any atom is 0.232 e. The second kappa shape index (κ2) is 25.2. The van der Waals surface area contributed by atoms with Crippen molar-refractivity contribution in [2.75, 3.05) is 0 Å². The summed E-state index contributed by atoms with van der Waals surface area (Å²) in [5.74, 6) is -0.0574. The number of hydrogen-bond donors (Lipinski definition) is 0. The van der Waals surface area contributed by atoms with E-state index < -0.39 is 0 Å². The molecule has 0 spiro atoms. The minimum absolute atomic E-state index is 0.0287. The summed E-state index contributed by atoms with van der Waals surface area (Å²) < 4.78 is 1.30. The van der Waals surface area contributed by atoms with Crippen LogP contribution in [0.5, 0.6) is 0 Å². The Balaban J connectivity index is 3.48. The number of rotatable bonds is 24. The summed E-state index contributed by atoms with van der Waals surface area (Å²) in [6.07, 6.45) is 29.1. The Bertz CT molecular complexity index is 390. The van der Waals surface area contributed by atoms with Crippen molar-refractivity contribution >= 4 is 21.2 Å². The van der Waals surface area contributed by atoms with Gasteiger partial charge in [-0.05, 0) is 22.2 Å². The molecule has 0 rings (SSSR count). The normalized spacial score (nSPS) is 11.1. The van der Waals surface area contributed by atoms with Crippen LogP contribution in [0.3, 0.4) is 0 Å². The predicted molar refractivity (Wildman–Crippen MR) is 144 cm³/mol. The Hall–Kier alpha value is -0.430. The van der Waals surface area contributed by atoms with Crippen molar-refractivity contribution in [2.45, 2.75) is 168 Å². The summed E-state index contributed by atoms with van der Waals surface area (Å²) in [5.41, 5.74) is 0. The lowest BCUT2D eigenvalue weighted by Crippen LogP contribution is -2.27. The van der Waals surface area contributed by atoms with Crippen LogP contribution >= 0.6 is 9.39 Å². The zero-order valence-corrected chi connectivity index (χ0v) is 23.0. The summed E-state index contributed by atoms with van der Waals surface area (Å²) in [4.78, 5) is 24.5. The molecule has 0 aliphatic heterocycles. The second-order valence-electron chi connectivity index (χ2n) is 9.73. The third-order valence-corrected chi connectivity index (χ3v) is 7.10. The van der Waals surface area contributed by atoms with Crippen LogP contribution in [-0.2, 0) is 9.59 Å². The highest BCUT2D eigenvalue weighted by Crippen LogP contribution is 2.16. The fourth-order valence-electron chi connectivity index (χ4n) is 4.26. The van der Waals surface area contributed by atoms with E-state index in [0.29, 0.717) is 12.8 Å². The van der Waals surface area contributed by atoms with Gasteiger partial charge in [0.1, 0.15) is 0 Å². The quantitative estimate of drug-likeness (QED) is 0.104. The van der Waals surface area contributed by atoms with Crippen LogP contribution < -0.4 is 0 Å². The summed E-state index contributed by atoms with van der Waals surface area (Å²) in [5, 5.41) is 0. The van der Waals surface area contributed by atoms with Gasteiger partial charge in [0.25, 0.3) is 0 Å². The number of carbonyl (C=O) groups excluding carboxylic acids is 2. The van der Waals surface area contributed by atoms with Crippen LogP contribution in [0.4, 0.5) is 0 Å². The number of carbonyl (C=O) groups is 2. The average Bonchev–Trinajstić information content (AvgIpc) is 2.80. The lowest BCUT2D eigenvalue weighted by atomic mass is 10.0. The number of unbranched alkanes of at least 4 members (excludes halogenated alkanes) is 20. The highest BCUT2D eigenvalue weighted by Gasteiger charge is 2.15. The fraction of sp³-hybridized carbons (Fsp3) is 0.929. The molecule has 0 heterocycles. The lowest BCUT2D eigenvalue weighted by molar-refractivity contribution is -0.138. The van der Waals surface area contributed by atoms with Crippen molar-refractivity contribution in [1.82, 2.24) is 4.67 Å². The molecule has 0 aliphatic carbocycles. The molecule has 1 atom stereocenters. The fourth-order valence-corrected chi connectivity index (χ4v) is 4.52. The van der Waals surface area contributed by atoms with Gasteiger partial charge >= 0.3 is 0 Å². The van der Waals surface area contributed by atoms with E-state index in [-0.39, 0.29) is 11.8 Å². The first-order valence-electron chi connectivity index (χ1n) is 14.2. The third-order valence-electron chi connectivity index (χ3n) is 6.53. The van der Waals surface area contributed by atoms with Gasteiger partial charge in [-0.15, -0.1) is 0 Å². The monoisotopic (exact) mass is 469 g/mol. The molecular formula is C28H56NO2P. The van der Waals surface area contributed by atoms with Crippen LogP contribution in [0, 0.1) is 0 Å². The Kier molecular flexibility index (Phi) is 24.9. The molecule has 0 saturated carbocycles. The molecule has 190 valence electrons. The van der Waals surface area contributed by atoms with E-state index in [1.54, 1.807) is 0 Å². The molecule has 0 aromatic carbocycles. The van der Waals surface area contributed by atoms with Gasteiger partial charge in [0.15, 0.2) is 0 Å². The minimum atomic E-state index is -0.0287. The molecule has 0 aromatic heterocycles. The van der Waals surface area contributed by atoms with Crippen LogP contribution in [0.1, 0.15) is 168 Å². The predicted octanol–water partition coefficient (Wildman–Crippen LogP) is 9.53. The van der Waals surface area contributed by atoms with E-state index >= 15 is 0 Å². The second-order valence-corrected chi connectivity index (χ2v) is 10.2. The molecule has 0 bridgehead atoms. The van der Waals surface area contributed by atoms with Gasteiger partial charge in [-0.25, -0.2) is 0 Å². The zero-order chi connectivity index (χ0) is 23.7. The first kappa shape index (κ1) is 31.6. The van der Waals surface area contributed by atoms with E-state index in [0.717, 1.165) is 25.7 Å². The molecule has 2 amide bonds. The van der Waals surface area contributed by atoms with Crippen molar-refractivity contribution in [3.05, 3.63) is 0 Å². The molecule has 0 aliphatic rings. The molecule has 0 fully saturated rings. The minimum Gasteiger partial charge on any atom is -0.274 e. The van der Waals surface area contributed by atoms with Gasteiger partial charge in [-0.3, -0.25) is 14.3 Å². The number of hydrogen-bond acceptors (Lipinski definition) is 2. The van der Waals surface area contributed by atoms with Gasteiger partial charge in [0.05, 0.1) is 0 Å². The van der Waals surface area contributed by atoms with Crippen LogP contribution in [0.2, 0.25) is 0 Å². The SMILES string of the molecule is CCCCCCCCCCCCCC(=O)N(P)C(=O)CCCCCCCCCCCCC. The van der Waals surface area contributed by atoms with E-state index in [1.807, 2.05) is 0 Å². The first-order valence-corrected chi connectivity index (χ1v) is 14.8. The van der Waals surface area contributed by atoms with E-state index in [1.165, 1.54) is 120 Å². The molecular weight excluding hydrogens is 413 g/mol. The molecule has 4 heteroatoms. The molecule has 0 saturated heterocycles. The van der Waals surface area contributed by atoms with Gasteiger partial charge in [0, 0.05) is 12.8 Å². The van der Waals surface area contributed by atoms with Gasteiger partial charge in [0.2, 0.25) is 11.8 Å². The van der Waals surface area contributed by atoms with Crippen molar-refractivity contribution in [3.63, 3.8) is 0 Å². The Morgan fingerprint density at radius 1 is 0.438 bits per heavy atom. The van der Waals surface area contributed by atoms with Crippen molar-refractivity contribution < 1.29 is 9.59 Å². The van der Waals surface area contributed by atoms with E-state index in [4.69, 9.17) is 0 Å². The Labute approximate surface area is 203 Å². The maximum absolute atomic E-state index is 12.2. The summed E-state index contributed by atoms with van der Waals surface area (Å²) in [6.45, 7) is 4.52. The van der Waals surface area contributed by atoms with Gasteiger partial charge in [-0.2, -0.15) is 0 Å². The van der Waals surface area contributed by atoms with Crippen molar-refractivity contribution in [2.24, 2.45) is 0 Å². The first-order chi connectivity index (χ1) is 15.6. The van der Waals surface area contributed by atoms with Crippen molar-refractivity contribution in [3.8, 4) is 0 Å². The highest BCUT2D eigenvalue weighted by atomic mass is 31.0. The van der Waals surface area contributed by atoms with Crippen LogP contribution in [0.25, 0.3) is 0 Å². The molecule has 1 unspecified atom stereocenters. The largest absolute Gasteiger partial charge is 0.274 e. The summed E-state index contributed by atoms with van der Waals surface area (Å²) in [6, 6.07) is 0. The Morgan fingerprint density at radius 2 is 0.656 bits per heavy atom. The smallest absolute Gasteiger partial charge is 0.232 e. The molecule has 3 nitrogen and oxygen atoms in total. The molecule has 0 radical (unpaired) electrons. The standard InChI is InChI=1S/C28H56NO2P/c1-3-5-7-9-11-13-15-17-19-21-23-25-27(30)29(32)28(31)26-24-22-20-18-16-14-12-10-8-6-4-2/h3-26,32H2,1-2H3. The van der Waals surface area contributed by atoms with Crippen LogP contribution in [-0.4, -0.2) is 16.5 Å². The number of amides is 2. The topological polar surface area (TPSA) is 37.4 Å². The van der Waals surface area contributed by atoms with Gasteiger partial charge in [-0.1, -0.05) is 142 Å². The van der Waals surface area contributed by atoms with Gasteiger partial charge < -0.3 is 0 Å². The zero-order valence-electron chi connectivity index (χ0n) is 21.8. The van der Waals surface area contributed by atoms with Crippen molar-refractivity contribution in [1.29, 1.82) is 0 Å². The molecule has 0 N–H and O–H groups in total. The number of nitrogens with zero attached hydrogens (tertiary/aromatic N) is 1. The van der Waals surface area contributed by atoms with E-state index in [2.05, 4.69) is 23.2 Å². The summed E-state index contributed by atoms with van der Waals surface area (Å²) >= 11 is 0. The molecule has 32 heavy (non-hydrogen) atoms. The molecule has 0 aromatic rings. The van der Waals surface area contributed by atoms with Crippen LogP contribution in [0.15, 0.2) is 0 Å². The average molecular weight is 470 g/mol. The Morgan fingerprint density at radius 3 is 0.906 bits per heavy atom. The number of imide groups is 1. The lowest BCUT2D eigenvalue weighted by Gasteiger charge is -2.15. The summed E-state index contributed by atoms with van der Waals surface area (Å²) in [7, 11) is 2.35. The highest BCUT2D eigenvalue weighted by molar-refractivity contribution is 7.16. The van der Waals surface area contributed by atoms with E-state index in [9.17, 15) is 9.59 Å². The third kappa shape index (κ3) is 21.4.